The first-order valence-electron chi connectivity index (χ1n) is 7.12. The minimum atomic E-state index is -0.799. The van der Waals surface area contributed by atoms with E-state index in [0.717, 1.165) is 22.6 Å². The molecule has 0 fully saturated rings. The van der Waals surface area contributed by atoms with Crippen LogP contribution in [0, 0.1) is 0 Å². The van der Waals surface area contributed by atoms with Crippen LogP contribution < -0.4 is 10.5 Å². The van der Waals surface area contributed by atoms with Crippen molar-refractivity contribution in [2.45, 2.75) is 12.8 Å². The maximum Gasteiger partial charge on any atom is 0.303 e. The third kappa shape index (κ3) is 5.32. The Morgan fingerprint density at radius 2 is 1.55 bits per heavy atom. The van der Waals surface area contributed by atoms with E-state index < -0.39 is 5.97 Å². The first kappa shape index (κ1) is 15.6. The van der Waals surface area contributed by atoms with Crippen molar-refractivity contribution in [1.82, 2.24) is 0 Å². The summed E-state index contributed by atoms with van der Waals surface area (Å²) in [4.78, 5) is 10.4. The van der Waals surface area contributed by atoms with Crippen LogP contribution in [-0.2, 0) is 4.79 Å². The predicted molar refractivity (Wildman–Crippen MR) is 88.6 cm³/mol. The van der Waals surface area contributed by atoms with Crippen LogP contribution >= 0.6 is 0 Å². The Morgan fingerprint density at radius 3 is 2.09 bits per heavy atom. The highest BCUT2D eigenvalue weighted by Gasteiger charge is 1.98. The molecule has 0 aromatic heterocycles. The van der Waals surface area contributed by atoms with Gasteiger partial charge in [-0.15, -0.1) is 0 Å². The molecule has 0 radical (unpaired) electrons. The zero-order valence-corrected chi connectivity index (χ0v) is 12.2. The fourth-order valence-corrected chi connectivity index (χ4v) is 1.89. The van der Waals surface area contributed by atoms with Crippen LogP contribution in [0.2, 0.25) is 0 Å². The number of aliphatic carboxylic acids is 1. The van der Waals surface area contributed by atoms with E-state index in [9.17, 15) is 4.79 Å². The van der Waals surface area contributed by atoms with Gasteiger partial charge in [0.15, 0.2) is 0 Å². The summed E-state index contributed by atoms with van der Waals surface area (Å²) >= 11 is 0. The number of carboxylic acids is 1. The van der Waals surface area contributed by atoms with Crippen molar-refractivity contribution < 1.29 is 14.6 Å². The van der Waals surface area contributed by atoms with E-state index in [0.29, 0.717) is 13.0 Å². The van der Waals surface area contributed by atoms with Gasteiger partial charge in [0.05, 0.1) is 6.61 Å². The zero-order chi connectivity index (χ0) is 15.8. The lowest BCUT2D eigenvalue weighted by molar-refractivity contribution is -0.137. The van der Waals surface area contributed by atoms with Crippen molar-refractivity contribution in [3.8, 4) is 5.75 Å². The van der Waals surface area contributed by atoms with Gasteiger partial charge in [0.25, 0.3) is 0 Å². The summed E-state index contributed by atoms with van der Waals surface area (Å²) in [6, 6.07) is 15.3. The molecule has 0 heterocycles. The van der Waals surface area contributed by atoms with Crippen LogP contribution in [0.1, 0.15) is 24.0 Å². The van der Waals surface area contributed by atoms with E-state index in [2.05, 4.69) is 0 Å². The molecule has 0 saturated carbocycles. The number of hydrogen-bond acceptors (Lipinski definition) is 3. The van der Waals surface area contributed by atoms with E-state index in [-0.39, 0.29) is 6.42 Å². The molecule has 0 amide bonds. The third-order valence-corrected chi connectivity index (χ3v) is 3.09. The lowest BCUT2D eigenvalue weighted by Crippen LogP contribution is -2.01. The van der Waals surface area contributed by atoms with Gasteiger partial charge in [-0.3, -0.25) is 4.79 Å². The van der Waals surface area contributed by atoms with Crippen molar-refractivity contribution in [2.24, 2.45) is 0 Å². The lowest BCUT2D eigenvalue weighted by atomic mass is 10.1. The van der Waals surface area contributed by atoms with Crippen molar-refractivity contribution in [3.63, 3.8) is 0 Å². The molecule has 0 aliphatic carbocycles. The third-order valence-electron chi connectivity index (χ3n) is 3.09. The Labute approximate surface area is 129 Å². The number of anilines is 1. The van der Waals surface area contributed by atoms with Gasteiger partial charge in [-0.2, -0.15) is 0 Å². The number of ether oxygens (including phenoxy) is 1. The number of nitrogen functional groups attached to an aromatic ring is 1. The highest BCUT2D eigenvalue weighted by molar-refractivity contribution is 5.70. The first-order chi connectivity index (χ1) is 10.6. The summed E-state index contributed by atoms with van der Waals surface area (Å²) in [7, 11) is 0. The molecule has 4 heteroatoms. The van der Waals surface area contributed by atoms with E-state index >= 15 is 0 Å². The highest BCUT2D eigenvalue weighted by Crippen LogP contribution is 2.15. The maximum absolute atomic E-state index is 10.4. The fraction of sp³-hybridized carbons (Fsp3) is 0.167. The number of benzene rings is 2. The second kappa shape index (κ2) is 7.88. The topological polar surface area (TPSA) is 72.5 Å². The van der Waals surface area contributed by atoms with Crippen molar-refractivity contribution >= 4 is 23.8 Å². The summed E-state index contributed by atoms with van der Waals surface area (Å²) in [5, 5.41) is 8.55. The van der Waals surface area contributed by atoms with Gasteiger partial charge in [-0.05, 0) is 41.8 Å². The van der Waals surface area contributed by atoms with Crippen molar-refractivity contribution in [1.29, 1.82) is 0 Å². The van der Waals surface area contributed by atoms with E-state index in [4.69, 9.17) is 15.6 Å². The highest BCUT2D eigenvalue weighted by atomic mass is 16.5. The van der Waals surface area contributed by atoms with Gasteiger partial charge in [0, 0.05) is 12.1 Å². The summed E-state index contributed by atoms with van der Waals surface area (Å²) in [5.74, 6) is -0.0539. The molecular weight excluding hydrogens is 278 g/mol. The molecule has 0 aliphatic rings. The Balaban J connectivity index is 1.86. The smallest absolute Gasteiger partial charge is 0.303 e. The van der Waals surface area contributed by atoms with Gasteiger partial charge < -0.3 is 15.6 Å². The van der Waals surface area contributed by atoms with Gasteiger partial charge >= 0.3 is 5.97 Å². The molecule has 2 rings (SSSR count). The summed E-state index contributed by atoms with van der Waals surface area (Å²) < 4.78 is 5.49. The van der Waals surface area contributed by atoms with Crippen molar-refractivity contribution in [2.75, 3.05) is 12.3 Å². The number of rotatable bonds is 7. The zero-order valence-electron chi connectivity index (χ0n) is 12.2. The average molecular weight is 297 g/mol. The van der Waals surface area contributed by atoms with Crippen LogP contribution in [0.15, 0.2) is 48.5 Å². The molecule has 2 aromatic rings. The fourth-order valence-electron chi connectivity index (χ4n) is 1.89. The van der Waals surface area contributed by atoms with E-state index in [1.165, 1.54) is 0 Å². The van der Waals surface area contributed by atoms with Crippen LogP contribution in [0.5, 0.6) is 5.75 Å². The molecule has 0 saturated heterocycles. The normalized spacial score (nSPS) is 10.7. The van der Waals surface area contributed by atoms with Crippen LogP contribution in [-0.4, -0.2) is 17.7 Å². The van der Waals surface area contributed by atoms with Crippen LogP contribution in [0.4, 0.5) is 5.69 Å². The molecule has 4 nitrogen and oxygen atoms in total. The maximum atomic E-state index is 10.4. The van der Waals surface area contributed by atoms with E-state index in [1.807, 2.05) is 60.7 Å². The van der Waals surface area contributed by atoms with Crippen molar-refractivity contribution in [3.05, 3.63) is 59.7 Å². The molecule has 3 N–H and O–H groups in total. The Bertz CT molecular complexity index is 630. The van der Waals surface area contributed by atoms with Crippen LogP contribution in [0.25, 0.3) is 12.2 Å². The number of carboxylic acid groups (broad SMARTS) is 1. The second-order valence-electron chi connectivity index (χ2n) is 4.91. The Kier molecular flexibility index (Phi) is 5.60. The van der Waals surface area contributed by atoms with E-state index in [1.54, 1.807) is 0 Å². The standard InChI is InChI=1S/C18H19NO3/c19-16-9-5-14(6-10-16)3-4-15-7-11-17(12-8-15)22-13-1-2-18(20)21/h3-12H,1-2,13,19H2,(H,20,21)/b4-3-. The molecular formula is C18H19NO3. The Hall–Kier alpha value is -2.75. The number of hydrogen-bond donors (Lipinski definition) is 2. The minimum Gasteiger partial charge on any atom is -0.494 e. The summed E-state index contributed by atoms with van der Waals surface area (Å²) in [6.45, 7) is 0.410. The number of nitrogens with two attached hydrogens (primary N) is 1. The quantitative estimate of drug-likeness (QED) is 0.464. The van der Waals surface area contributed by atoms with Gasteiger partial charge in [0.1, 0.15) is 5.75 Å². The molecule has 0 bridgehead atoms. The SMILES string of the molecule is Nc1ccc(/C=C\c2ccc(OCCCC(=O)O)cc2)cc1. The molecule has 0 aliphatic heterocycles. The predicted octanol–water partition coefficient (Wildman–Crippen LogP) is 3.68. The van der Waals surface area contributed by atoms with Gasteiger partial charge in [0.2, 0.25) is 0 Å². The second-order valence-corrected chi connectivity index (χ2v) is 4.91. The average Bonchev–Trinajstić information content (AvgIpc) is 2.52. The Morgan fingerprint density at radius 1 is 1.00 bits per heavy atom. The molecule has 0 spiro atoms. The number of carbonyl (C=O) groups is 1. The van der Waals surface area contributed by atoms with Gasteiger partial charge in [-0.1, -0.05) is 36.4 Å². The monoisotopic (exact) mass is 297 g/mol. The molecule has 0 atom stereocenters. The molecule has 114 valence electrons. The first-order valence-corrected chi connectivity index (χ1v) is 7.12. The minimum absolute atomic E-state index is 0.127. The summed E-state index contributed by atoms with van der Waals surface area (Å²) in [5.41, 5.74) is 8.55. The van der Waals surface area contributed by atoms with Crippen LogP contribution in [0.3, 0.4) is 0 Å². The largest absolute Gasteiger partial charge is 0.494 e. The molecule has 2 aromatic carbocycles. The molecule has 22 heavy (non-hydrogen) atoms. The summed E-state index contributed by atoms with van der Waals surface area (Å²) in [6.07, 6.45) is 4.67. The van der Waals surface area contributed by atoms with Gasteiger partial charge in [-0.25, -0.2) is 0 Å². The molecule has 0 unspecified atom stereocenters. The lowest BCUT2D eigenvalue weighted by Gasteiger charge is -2.05.